The summed E-state index contributed by atoms with van der Waals surface area (Å²) < 4.78 is 6.56. The van der Waals surface area contributed by atoms with Gasteiger partial charge in [0, 0.05) is 211 Å². The zero-order chi connectivity index (χ0) is 73.0. The number of carbonyl (C=O) groups is 1. The van der Waals surface area contributed by atoms with E-state index in [0.29, 0.717) is 54.0 Å². The molecule has 0 radical (unpaired) electrons. The first-order valence-corrected chi connectivity index (χ1v) is 38.7. The lowest BCUT2D eigenvalue weighted by atomic mass is 9.81. The molecule has 106 heavy (non-hydrogen) atoms. The summed E-state index contributed by atoms with van der Waals surface area (Å²) in [4.78, 5) is 38.3. The van der Waals surface area contributed by atoms with Gasteiger partial charge in [-0.2, -0.15) is 15.8 Å². The number of fused-ring (bicyclic) bond motifs is 6. The normalized spacial score (nSPS) is 19.8. The standard InChI is InChI=1S/2C30H33N5.C16H16N2O.C14H17N3/c2*1-21-16-24-4-3-11-32-30(24)29(17-21)35-14-12-34(13-15-35)25-8-6-23(7-9-25)27-20-33(2)28-10-5-22(19-31)18-26(27)28;1-18-10-15(12-3-5-13(19)6-4-12)14-8-11(9-17)2-7-16(14)18;1-11-9-12-3-2-4-16-14(12)13(10-11)17-7-5-15-6-8-17/h2*3-5,10-11,16-18,20,23,25H,6-9,12-15H2,1-2H3;2,7-8,10,12H,3-6H2,1H3;2-4,9-10,15H,5-8H2,1H3. The zero-order valence-electron chi connectivity index (χ0n) is 62.6. The number of pyridine rings is 3. The molecular weight excluding hydrogens is 1310 g/mol. The van der Waals surface area contributed by atoms with E-state index in [9.17, 15) is 15.3 Å². The van der Waals surface area contributed by atoms with Crippen molar-refractivity contribution in [3.8, 4) is 18.2 Å². The molecule has 0 spiro atoms. The van der Waals surface area contributed by atoms with Crippen molar-refractivity contribution >= 4 is 88.3 Å². The molecule has 12 aromatic rings. The minimum Gasteiger partial charge on any atom is -0.367 e. The SMILES string of the molecule is Cc1cc(N2CCN(C3CCC(c4cn(C)c5ccc(C#N)cc45)CC3)CC2)c2ncccc2c1.Cc1cc(N2CCN(C3CCC(c4cn(C)c5ccc(C#N)cc45)CC3)CC2)c2ncccc2c1.Cc1cc(N2CCNCC2)c2ncccc2c1.Cn1cc(C2CCC(=O)CC2)c2cc(C#N)ccc21. The Balaban J connectivity index is 0.000000119. The first-order valence-electron chi connectivity index (χ1n) is 38.7. The van der Waals surface area contributed by atoms with Crippen molar-refractivity contribution in [1.82, 2.24) is 43.8 Å². The maximum absolute atomic E-state index is 11.4. The third-order valence-corrected chi connectivity index (χ3v) is 24.0. The number of rotatable bonds is 8. The molecule has 16 nitrogen and oxygen atoms in total. The van der Waals surface area contributed by atoms with E-state index in [4.69, 9.17) is 15.2 Å². The van der Waals surface area contributed by atoms with E-state index in [1.807, 2.05) is 74.2 Å². The average molecular weight is 1410 g/mol. The number of carbonyl (C=O) groups excluding carboxylic acids is 1. The van der Waals surface area contributed by atoms with Crippen molar-refractivity contribution in [2.75, 3.05) is 93.2 Å². The molecule has 0 unspecified atom stereocenters. The molecule has 0 bridgehead atoms. The quantitative estimate of drug-likeness (QED) is 0.153. The molecule has 6 aliphatic rings. The van der Waals surface area contributed by atoms with Crippen LogP contribution in [0.25, 0.3) is 65.4 Å². The van der Waals surface area contributed by atoms with Crippen LogP contribution in [0.15, 0.2) is 165 Å². The number of nitrogens with one attached hydrogen (secondary N) is 1. The highest BCUT2D eigenvalue weighted by Crippen LogP contribution is 2.43. The van der Waals surface area contributed by atoms with Gasteiger partial charge in [-0.15, -0.1) is 0 Å². The van der Waals surface area contributed by atoms with Crippen LogP contribution in [-0.2, 0) is 25.9 Å². The molecule has 3 saturated heterocycles. The Bertz CT molecular complexity index is 5080. The van der Waals surface area contributed by atoms with Crippen LogP contribution in [0.4, 0.5) is 17.1 Å². The van der Waals surface area contributed by atoms with E-state index in [-0.39, 0.29) is 0 Å². The van der Waals surface area contributed by atoms with Crippen LogP contribution in [0.1, 0.15) is 145 Å². The topological polar surface area (TPSA) is 170 Å². The van der Waals surface area contributed by atoms with Gasteiger partial charge in [0.2, 0.25) is 0 Å². The van der Waals surface area contributed by atoms with Crippen molar-refractivity contribution in [2.24, 2.45) is 21.1 Å². The second kappa shape index (κ2) is 31.7. The summed E-state index contributed by atoms with van der Waals surface area (Å²) in [5.41, 5.74) is 21.1. The highest BCUT2D eigenvalue weighted by atomic mass is 16.1. The highest BCUT2D eigenvalue weighted by molar-refractivity contribution is 5.94. The minimum atomic E-state index is 0.384. The molecule has 6 aromatic heterocycles. The summed E-state index contributed by atoms with van der Waals surface area (Å²) in [6.07, 6.45) is 25.7. The van der Waals surface area contributed by atoms with E-state index < -0.39 is 0 Å². The Labute approximate surface area is 624 Å². The molecule has 3 aliphatic carbocycles. The molecule has 18 rings (SSSR count). The largest absolute Gasteiger partial charge is 0.367 e. The third kappa shape index (κ3) is 15.2. The molecule has 1 N–H and O–H groups in total. The van der Waals surface area contributed by atoms with E-state index >= 15 is 0 Å². The average Bonchev–Trinajstić information content (AvgIpc) is 1.47. The monoisotopic (exact) mass is 1410 g/mol. The van der Waals surface area contributed by atoms with Crippen LogP contribution in [0.5, 0.6) is 0 Å². The lowest BCUT2D eigenvalue weighted by Crippen LogP contribution is -2.51. The molecule has 0 amide bonds. The molecule has 9 heterocycles. The first-order chi connectivity index (χ1) is 51.7. The van der Waals surface area contributed by atoms with Crippen molar-refractivity contribution in [3.05, 3.63) is 215 Å². The lowest BCUT2D eigenvalue weighted by molar-refractivity contribution is -0.120. The van der Waals surface area contributed by atoms with Crippen molar-refractivity contribution < 1.29 is 4.79 Å². The fourth-order valence-electron chi connectivity index (χ4n) is 18.4. The number of aromatic nitrogens is 6. The molecule has 3 aliphatic heterocycles. The molecule has 540 valence electrons. The van der Waals surface area contributed by atoms with Gasteiger partial charge in [0.15, 0.2) is 0 Å². The number of hydrogen-bond acceptors (Lipinski definition) is 13. The third-order valence-electron chi connectivity index (χ3n) is 24.0. The maximum atomic E-state index is 11.4. The van der Waals surface area contributed by atoms with Gasteiger partial charge >= 0.3 is 0 Å². The minimum absolute atomic E-state index is 0.384. The predicted octanol–water partition coefficient (Wildman–Crippen LogP) is 16.7. The predicted molar refractivity (Wildman–Crippen MR) is 431 cm³/mol. The van der Waals surface area contributed by atoms with Gasteiger partial charge in [-0.3, -0.25) is 29.5 Å². The van der Waals surface area contributed by atoms with Crippen LogP contribution in [-0.4, -0.2) is 135 Å². The number of nitriles is 3. The highest BCUT2D eigenvalue weighted by Gasteiger charge is 2.34. The lowest BCUT2D eigenvalue weighted by Gasteiger charge is -2.42. The van der Waals surface area contributed by atoms with Gasteiger partial charge in [-0.1, -0.05) is 18.2 Å². The smallest absolute Gasteiger partial charge is 0.132 e. The second-order valence-electron chi connectivity index (χ2n) is 30.8. The summed E-state index contributed by atoms with van der Waals surface area (Å²) in [6, 6.07) is 52.3. The first kappa shape index (κ1) is 71.2. The number of piperazine rings is 3. The van der Waals surface area contributed by atoms with Gasteiger partial charge in [0.05, 0.1) is 68.5 Å². The van der Waals surface area contributed by atoms with Gasteiger partial charge in [0.25, 0.3) is 0 Å². The van der Waals surface area contributed by atoms with E-state index in [0.717, 1.165) is 125 Å². The van der Waals surface area contributed by atoms with E-state index in [1.54, 1.807) is 0 Å². The zero-order valence-corrected chi connectivity index (χ0v) is 62.6. The van der Waals surface area contributed by atoms with Crippen LogP contribution >= 0.6 is 0 Å². The number of anilines is 3. The van der Waals surface area contributed by atoms with Crippen LogP contribution in [0, 0.1) is 54.8 Å². The van der Waals surface area contributed by atoms with Crippen molar-refractivity contribution in [2.45, 2.75) is 128 Å². The van der Waals surface area contributed by atoms with E-state index in [2.05, 4.69) is 199 Å². The van der Waals surface area contributed by atoms with Gasteiger partial charge < -0.3 is 33.7 Å². The van der Waals surface area contributed by atoms with E-state index in [1.165, 1.54) is 145 Å². The number of Topliss-reactive ketones (excluding diaryl/α,β-unsaturated/α-hetero) is 1. The molecule has 3 saturated carbocycles. The van der Waals surface area contributed by atoms with Crippen LogP contribution in [0.2, 0.25) is 0 Å². The number of aryl methyl sites for hydroxylation is 6. The second-order valence-corrected chi connectivity index (χ2v) is 30.8. The molecule has 16 heteroatoms. The van der Waals surface area contributed by atoms with Gasteiger partial charge in [-0.25, -0.2) is 0 Å². The molecule has 0 atom stereocenters. The van der Waals surface area contributed by atoms with Crippen molar-refractivity contribution in [1.29, 1.82) is 15.8 Å². The summed E-state index contributed by atoms with van der Waals surface area (Å²) in [7, 11) is 6.28. The summed E-state index contributed by atoms with van der Waals surface area (Å²) in [6.45, 7) is 19.5. The molecule has 6 aromatic carbocycles. The summed E-state index contributed by atoms with van der Waals surface area (Å²) in [5, 5.41) is 38.6. The fourth-order valence-corrected chi connectivity index (χ4v) is 18.4. The number of hydrogen-bond donors (Lipinski definition) is 1. The summed E-state index contributed by atoms with van der Waals surface area (Å²) in [5.74, 6) is 2.02. The van der Waals surface area contributed by atoms with Crippen LogP contribution in [0.3, 0.4) is 0 Å². The molecular formula is C90H99N15O. The maximum Gasteiger partial charge on any atom is 0.132 e. The summed E-state index contributed by atoms with van der Waals surface area (Å²) >= 11 is 0. The number of ketones is 1. The Kier molecular flexibility index (Phi) is 21.3. The fraction of sp³-hybridized carbons (Fsp3) is 0.389. The Hall–Kier alpha value is -10.4. The molecule has 6 fully saturated rings. The van der Waals surface area contributed by atoms with Crippen LogP contribution < -0.4 is 20.0 Å². The Morgan fingerprint density at radius 2 is 0.708 bits per heavy atom. The van der Waals surface area contributed by atoms with Gasteiger partial charge in [0.1, 0.15) is 5.78 Å². The van der Waals surface area contributed by atoms with Gasteiger partial charge in [-0.05, 0) is 245 Å². The Morgan fingerprint density at radius 1 is 0.387 bits per heavy atom. The number of nitrogens with zero attached hydrogens (tertiary/aromatic N) is 14. The number of benzene rings is 6. The van der Waals surface area contributed by atoms with Crippen molar-refractivity contribution in [3.63, 3.8) is 0 Å². The Morgan fingerprint density at radius 3 is 1.04 bits per heavy atom.